The maximum Gasteiger partial charge on any atom is 0.248 e. The molecule has 1 fully saturated rings. The Morgan fingerprint density at radius 3 is 2.64 bits per heavy atom. The van der Waals surface area contributed by atoms with Gasteiger partial charge in [0.25, 0.3) is 0 Å². The predicted octanol–water partition coefficient (Wildman–Crippen LogP) is 2.78. The molecule has 0 atom stereocenters. The van der Waals surface area contributed by atoms with E-state index in [0.29, 0.717) is 22.2 Å². The summed E-state index contributed by atoms with van der Waals surface area (Å²) in [7, 11) is 1.74. The molecule has 0 bridgehead atoms. The molecule has 2 aromatic rings. The van der Waals surface area contributed by atoms with Crippen molar-refractivity contribution in [3.63, 3.8) is 0 Å². The van der Waals surface area contributed by atoms with Crippen molar-refractivity contribution in [3.8, 4) is 0 Å². The van der Waals surface area contributed by atoms with Crippen LogP contribution in [0.4, 0.5) is 11.5 Å². The molecule has 1 aliphatic carbocycles. The minimum Gasteiger partial charge on any atom is -0.321 e. The van der Waals surface area contributed by atoms with Gasteiger partial charge in [0.05, 0.1) is 17.6 Å². The van der Waals surface area contributed by atoms with E-state index in [1.165, 1.54) is 12.3 Å². The van der Waals surface area contributed by atoms with Gasteiger partial charge in [-0.1, -0.05) is 11.6 Å². The highest BCUT2D eigenvalue weighted by Gasteiger charge is 2.29. The quantitative estimate of drug-likeness (QED) is 0.803. The SMILES string of the molecule is Cc1nn(C)c(Cl)c1/C=C/C(=O)Nc1ccc(NC(=O)C2CC2)nc1. The molecule has 1 saturated carbocycles. The molecule has 0 saturated heterocycles. The third kappa shape index (κ3) is 4.24. The molecule has 2 aromatic heterocycles. The van der Waals surface area contributed by atoms with Crippen molar-refractivity contribution < 1.29 is 9.59 Å². The fourth-order valence-electron chi connectivity index (χ4n) is 2.29. The Labute approximate surface area is 150 Å². The van der Waals surface area contributed by atoms with E-state index in [-0.39, 0.29) is 17.7 Å². The highest BCUT2D eigenvalue weighted by atomic mass is 35.5. The molecule has 25 heavy (non-hydrogen) atoms. The van der Waals surface area contributed by atoms with Gasteiger partial charge in [0.15, 0.2) is 0 Å². The van der Waals surface area contributed by atoms with E-state index in [4.69, 9.17) is 11.6 Å². The third-order valence-electron chi connectivity index (χ3n) is 3.83. The van der Waals surface area contributed by atoms with Crippen LogP contribution in [0, 0.1) is 12.8 Å². The minimum absolute atomic E-state index is 0.00376. The number of halogens is 1. The topological polar surface area (TPSA) is 88.9 Å². The van der Waals surface area contributed by atoms with Crippen LogP contribution in [-0.2, 0) is 16.6 Å². The average Bonchev–Trinajstić information content (AvgIpc) is 3.38. The number of nitrogens with zero attached hydrogens (tertiary/aromatic N) is 3. The Morgan fingerprint density at radius 2 is 2.08 bits per heavy atom. The molecule has 1 aliphatic rings. The highest BCUT2D eigenvalue weighted by molar-refractivity contribution is 6.31. The Bertz CT molecular complexity index is 837. The predicted molar refractivity (Wildman–Crippen MR) is 96.2 cm³/mol. The van der Waals surface area contributed by atoms with Crippen LogP contribution in [0.25, 0.3) is 6.08 Å². The van der Waals surface area contributed by atoms with Gasteiger partial charge in [0.1, 0.15) is 11.0 Å². The molecule has 8 heteroatoms. The van der Waals surface area contributed by atoms with Gasteiger partial charge in [-0.3, -0.25) is 14.3 Å². The lowest BCUT2D eigenvalue weighted by Gasteiger charge is -2.05. The zero-order valence-corrected chi connectivity index (χ0v) is 14.7. The first kappa shape index (κ1) is 17.2. The number of aromatic nitrogens is 3. The molecule has 2 heterocycles. The zero-order valence-electron chi connectivity index (χ0n) is 13.9. The van der Waals surface area contributed by atoms with Gasteiger partial charge in [-0.25, -0.2) is 4.98 Å². The van der Waals surface area contributed by atoms with Gasteiger partial charge < -0.3 is 10.6 Å². The van der Waals surface area contributed by atoms with Crippen LogP contribution < -0.4 is 10.6 Å². The summed E-state index contributed by atoms with van der Waals surface area (Å²) < 4.78 is 1.55. The molecule has 0 radical (unpaired) electrons. The number of pyridine rings is 1. The van der Waals surface area contributed by atoms with E-state index < -0.39 is 0 Å². The molecule has 130 valence electrons. The van der Waals surface area contributed by atoms with Gasteiger partial charge in [-0.2, -0.15) is 5.10 Å². The standard InChI is InChI=1S/C17H18ClN5O2/c1-10-13(16(18)23(2)22-10)6-8-15(24)20-12-5-7-14(19-9-12)21-17(25)11-3-4-11/h5-9,11H,3-4H2,1-2H3,(H,20,24)(H,19,21,25)/b8-6+. The Hall–Kier alpha value is -2.67. The van der Waals surface area contributed by atoms with E-state index >= 15 is 0 Å². The van der Waals surface area contributed by atoms with Gasteiger partial charge >= 0.3 is 0 Å². The summed E-state index contributed by atoms with van der Waals surface area (Å²) in [4.78, 5) is 27.8. The Balaban J connectivity index is 1.58. The van der Waals surface area contributed by atoms with Crippen molar-refractivity contribution in [1.29, 1.82) is 0 Å². The van der Waals surface area contributed by atoms with Crippen molar-refractivity contribution in [2.45, 2.75) is 19.8 Å². The second-order valence-corrected chi connectivity index (χ2v) is 6.29. The number of hydrogen-bond acceptors (Lipinski definition) is 4. The third-order valence-corrected chi connectivity index (χ3v) is 4.28. The van der Waals surface area contributed by atoms with Gasteiger partial charge in [-0.05, 0) is 38.0 Å². The summed E-state index contributed by atoms with van der Waals surface area (Å²) in [6.07, 6.45) is 6.38. The van der Waals surface area contributed by atoms with Crippen LogP contribution in [0.15, 0.2) is 24.4 Å². The summed E-state index contributed by atoms with van der Waals surface area (Å²) in [6, 6.07) is 3.34. The largest absolute Gasteiger partial charge is 0.321 e. The number of amides is 2. The molecular weight excluding hydrogens is 342 g/mol. The fraction of sp³-hybridized carbons (Fsp3) is 0.294. The number of nitrogens with one attached hydrogen (secondary N) is 2. The lowest BCUT2D eigenvalue weighted by atomic mass is 10.2. The highest BCUT2D eigenvalue weighted by Crippen LogP contribution is 2.30. The van der Waals surface area contributed by atoms with Crippen LogP contribution in [0.1, 0.15) is 24.1 Å². The summed E-state index contributed by atoms with van der Waals surface area (Å²) in [5, 5.41) is 10.1. The maximum absolute atomic E-state index is 12.0. The maximum atomic E-state index is 12.0. The summed E-state index contributed by atoms with van der Waals surface area (Å²) >= 11 is 6.12. The number of hydrogen-bond donors (Lipinski definition) is 2. The number of aryl methyl sites for hydroxylation is 2. The first-order chi connectivity index (χ1) is 11.9. The van der Waals surface area contributed by atoms with E-state index in [2.05, 4.69) is 20.7 Å². The molecular formula is C17H18ClN5O2. The van der Waals surface area contributed by atoms with Crippen LogP contribution in [-0.4, -0.2) is 26.6 Å². The number of carbonyl (C=O) groups excluding carboxylic acids is 2. The van der Waals surface area contributed by atoms with Crippen LogP contribution in [0.2, 0.25) is 5.15 Å². The van der Waals surface area contributed by atoms with Gasteiger partial charge in [0.2, 0.25) is 11.8 Å². The second kappa shape index (κ2) is 7.06. The van der Waals surface area contributed by atoms with E-state index in [9.17, 15) is 9.59 Å². The van der Waals surface area contributed by atoms with Crippen molar-refractivity contribution in [1.82, 2.24) is 14.8 Å². The van der Waals surface area contributed by atoms with Crippen LogP contribution >= 0.6 is 11.6 Å². The second-order valence-electron chi connectivity index (χ2n) is 5.93. The fourth-order valence-corrected chi connectivity index (χ4v) is 2.53. The minimum atomic E-state index is -0.309. The molecule has 7 nitrogen and oxygen atoms in total. The van der Waals surface area contributed by atoms with Crippen molar-refractivity contribution in [2.24, 2.45) is 13.0 Å². The van der Waals surface area contributed by atoms with Crippen molar-refractivity contribution in [2.75, 3.05) is 10.6 Å². The molecule has 0 unspecified atom stereocenters. The zero-order chi connectivity index (χ0) is 18.0. The van der Waals surface area contributed by atoms with Crippen molar-refractivity contribution >= 4 is 41.0 Å². The average molecular weight is 360 g/mol. The molecule has 3 rings (SSSR count). The van der Waals surface area contributed by atoms with E-state index in [1.807, 2.05) is 6.92 Å². The van der Waals surface area contributed by atoms with Gasteiger partial charge in [0, 0.05) is 24.6 Å². The number of anilines is 2. The summed E-state index contributed by atoms with van der Waals surface area (Å²) in [5.74, 6) is 0.282. The number of carbonyl (C=O) groups is 2. The van der Waals surface area contributed by atoms with Crippen molar-refractivity contribution in [3.05, 3.63) is 40.8 Å². The van der Waals surface area contributed by atoms with Gasteiger partial charge in [-0.15, -0.1) is 0 Å². The van der Waals surface area contributed by atoms with E-state index in [1.54, 1.807) is 29.9 Å². The molecule has 2 amide bonds. The lowest BCUT2D eigenvalue weighted by molar-refractivity contribution is -0.117. The molecule has 0 aromatic carbocycles. The normalized spacial score (nSPS) is 13.9. The first-order valence-electron chi connectivity index (χ1n) is 7.89. The smallest absolute Gasteiger partial charge is 0.248 e. The number of rotatable bonds is 5. The first-order valence-corrected chi connectivity index (χ1v) is 8.27. The Kier molecular flexibility index (Phi) is 4.85. The summed E-state index contributed by atoms with van der Waals surface area (Å²) in [5.41, 5.74) is 1.98. The lowest BCUT2D eigenvalue weighted by Crippen LogP contribution is -2.14. The molecule has 0 spiro atoms. The van der Waals surface area contributed by atoms with Crippen LogP contribution in [0.3, 0.4) is 0 Å². The monoisotopic (exact) mass is 359 g/mol. The molecule has 2 N–H and O–H groups in total. The molecule has 0 aliphatic heterocycles. The summed E-state index contributed by atoms with van der Waals surface area (Å²) in [6.45, 7) is 1.82. The van der Waals surface area contributed by atoms with Crippen LogP contribution in [0.5, 0.6) is 0 Å². The van der Waals surface area contributed by atoms with E-state index in [0.717, 1.165) is 18.5 Å². The Morgan fingerprint density at radius 1 is 1.32 bits per heavy atom.